The van der Waals surface area contributed by atoms with Crippen LogP contribution in [0.25, 0.3) is 0 Å². The molecule has 0 unspecified atom stereocenters. The van der Waals surface area contributed by atoms with E-state index in [1.54, 1.807) is 29.6 Å². The van der Waals surface area contributed by atoms with E-state index >= 15 is 0 Å². The molecular formula is C22H25N3O4. The lowest BCUT2D eigenvalue weighted by Crippen LogP contribution is -2.54. The number of pyridine rings is 1. The molecule has 4 rings (SSSR count). The van der Waals surface area contributed by atoms with Gasteiger partial charge in [0.05, 0.1) is 7.11 Å². The number of ether oxygens (including phenoxy) is 1. The van der Waals surface area contributed by atoms with Crippen molar-refractivity contribution in [3.63, 3.8) is 0 Å². The maximum Gasteiger partial charge on any atom is 0.251 e. The van der Waals surface area contributed by atoms with Crippen molar-refractivity contribution in [1.82, 2.24) is 14.8 Å². The zero-order valence-electron chi connectivity index (χ0n) is 16.6. The van der Waals surface area contributed by atoms with Crippen LogP contribution in [0.2, 0.25) is 0 Å². The molecule has 29 heavy (non-hydrogen) atoms. The summed E-state index contributed by atoms with van der Waals surface area (Å²) < 4.78 is 6.99. The van der Waals surface area contributed by atoms with Gasteiger partial charge in [-0.3, -0.25) is 19.0 Å². The molecular weight excluding hydrogens is 370 g/mol. The Hall–Kier alpha value is -3.09. The van der Waals surface area contributed by atoms with Crippen molar-refractivity contribution in [2.24, 2.45) is 5.92 Å². The number of carbonyl (C=O) groups excluding carboxylic acids is 2. The molecule has 2 bridgehead atoms. The first-order valence-corrected chi connectivity index (χ1v) is 9.86. The molecule has 0 aliphatic carbocycles. The van der Waals surface area contributed by atoms with Gasteiger partial charge in [0.2, 0.25) is 11.8 Å². The quantitative estimate of drug-likeness (QED) is 0.854. The molecule has 3 atom stereocenters. The Kier molecular flexibility index (Phi) is 5.13. The van der Waals surface area contributed by atoms with Crippen LogP contribution in [0, 0.1) is 5.92 Å². The van der Waals surface area contributed by atoms with Crippen molar-refractivity contribution in [3.05, 3.63) is 64.1 Å². The second-order valence-electron chi connectivity index (χ2n) is 7.75. The summed E-state index contributed by atoms with van der Waals surface area (Å²) in [7, 11) is 1.59. The van der Waals surface area contributed by atoms with E-state index in [2.05, 4.69) is 5.32 Å². The number of likely N-dealkylation sites (tertiary alicyclic amines) is 1. The second-order valence-corrected chi connectivity index (χ2v) is 7.75. The van der Waals surface area contributed by atoms with Crippen LogP contribution in [0.1, 0.15) is 36.6 Å². The lowest BCUT2D eigenvalue weighted by Gasteiger charge is -2.46. The monoisotopic (exact) mass is 395 g/mol. The molecule has 1 saturated heterocycles. The van der Waals surface area contributed by atoms with Gasteiger partial charge in [-0.2, -0.15) is 0 Å². The number of hydrogen-bond acceptors (Lipinski definition) is 4. The number of fused-ring (bicyclic) bond motifs is 4. The van der Waals surface area contributed by atoms with E-state index in [0.29, 0.717) is 25.4 Å². The number of methoxy groups -OCH3 is 1. The van der Waals surface area contributed by atoms with Crippen molar-refractivity contribution in [2.75, 3.05) is 20.2 Å². The Bertz CT molecular complexity index is 1000. The SMILES string of the molecule is COc1ccccc1CNC(=O)[C@H]1[C@H]2C[C@H](CN(C(C)=O)C2)c2cccc(=O)n21. The maximum absolute atomic E-state index is 13.2. The number of benzene rings is 1. The van der Waals surface area contributed by atoms with Gasteiger partial charge in [0, 0.05) is 55.7 Å². The van der Waals surface area contributed by atoms with E-state index < -0.39 is 6.04 Å². The molecule has 3 heterocycles. The van der Waals surface area contributed by atoms with E-state index in [0.717, 1.165) is 17.7 Å². The van der Waals surface area contributed by atoms with Crippen molar-refractivity contribution in [1.29, 1.82) is 0 Å². The lowest BCUT2D eigenvalue weighted by molar-refractivity contribution is -0.135. The molecule has 7 heteroatoms. The predicted octanol–water partition coefficient (Wildman–Crippen LogP) is 1.68. The number of carbonyl (C=O) groups is 2. The summed E-state index contributed by atoms with van der Waals surface area (Å²) in [5.74, 6) is 0.473. The highest BCUT2D eigenvalue weighted by Gasteiger charge is 2.44. The largest absolute Gasteiger partial charge is 0.496 e. The third-order valence-corrected chi connectivity index (χ3v) is 6.01. The molecule has 2 aliphatic rings. The Morgan fingerprint density at radius 3 is 2.69 bits per heavy atom. The van der Waals surface area contributed by atoms with Gasteiger partial charge >= 0.3 is 0 Å². The zero-order chi connectivity index (χ0) is 20.5. The Balaban J connectivity index is 1.64. The minimum absolute atomic E-state index is 0.000363. The summed E-state index contributed by atoms with van der Waals surface area (Å²) >= 11 is 0. The number of rotatable bonds is 4. The van der Waals surface area contributed by atoms with E-state index in [1.165, 1.54) is 6.07 Å². The third-order valence-electron chi connectivity index (χ3n) is 6.01. The normalized spacial score (nSPS) is 22.6. The fourth-order valence-electron chi connectivity index (χ4n) is 4.66. The van der Waals surface area contributed by atoms with Gasteiger partial charge in [-0.15, -0.1) is 0 Å². The van der Waals surface area contributed by atoms with E-state index in [-0.39, 0.29) is 29.2 Å². The molecule has 1 N–H and O–H groups in total. The van der Waals surface area contributed by atoms with Gasteiger partial charge in [0.25, 0.3) is 5.56 Å². The maximum atomic E-state index is 13.2. The van der Waals surface area contributed by atoms with Crippen molar-refractivity contribution >= 4 is 11.8 Å². The van der Waals surface area contributed by atoms with Crippen LogP contribution in [0.3, 0.4) is 0 Å². The Morgan fingerprint density at radius 2 is 1.93 bits per heavy atom. The summed E-state index contributed by atoms with van der Waals surface area (Å²) in [6, 6.07) is 12.0. The highest BCUT2D eigenvalue weighted by molar-refractivity contribution is 5.81. The number of nitrogens with zero attached hydrogens (tertiary/aromatic N) is 2. The smallest absolute Gasteiger partial charge is 0.251 e. The van der Waals surface area contributed by atoms with Crippen molar-refractivity contribution < 1.29 is 14.3 Å². The molecule has 1 aromatic heterocycles. The molecule has 1 aromatic carbocycles. The molecule has 1 fully saturated rings. The minimum atomic E-state index is -0.633. The van der Waals surface area contributed by atoms with Crippen LogP contribution in [0.4, 0.5) is 0 Å². The standard InChI is InChI=1S/C22H25N3O4/c1-14(26)24-12-16-10-17(13-24)21(25-18(16)7-5-9-20(25)27)22(28)23-11-15-6-3-4-8-19(15)29-2/h3-9,16-17,21H,10-13H2,1-2H3,(H,23,28)/t16-,17+,21-/m1/s1. The van der Waals surface area contributed by atoms with Crippen LogP contribution in [0.15, 0.2) is 47.3 Å². The van der Waals surface area contributed by atoms with E-state index in [1.807, 2.05) is 30.3 Å². The van der Waals surface area contributed by atoms with Crippen molar-refractivity contribution in [2.45, 2.75) is 31.8 Å². The molecule has 2 aliphatic heterocycles. The van der Waals surface area contributed by atoms with Gasteiger partial charge in [0.1, 0.15) is 11.8 Å². The number of para-hydroxylation sites is 1. The fraction of sp³-hybridized carbons (Fsp3) is 0.409. The Morgan fingerprint density at radius 1 is 1.14 bits per heavy atom. The summed E-state index contributed by atoms with van der Waals surface area (Å²) in [4.78, 5) is 39.7. The van der Waals surface area contributed by atoms with Crippen LogP contribution < -0.4 is 15.6 Å². The summed E-state index contributed by atoms with van der Waals surface area (Å²) in [6.07, 6.45) is 0.792. The number of aromatic nitrogens is 1. The highest BCUT2D eigenvalue weighted by Crippen LogP contribution is 2.41. The predicted molar refractivity (Wildman–Crippen MR) is 108 cm³/mol. The molecule has 2 aromatic rings. The third kappa shape index (κ3) is 3.52. The minimum Gasteiger partial charge on any atom is -0.496 e. The van der Waals surface area contributed by atoms with Gasteiger partial charge in [-0.05, 0) is 18.6 Å². The van der Waals surface area contributed by atoms with Gasteiger partial charge in [-0.1, -0.05) is 24.3 Å². The molecule has 152 valence electrons. The van der Waals surface area contributed by atoms with Crippen LogP contribution in [0.5, 0.6) is 5.75 Å². The summed E-state index contributed by atoms with van der Waals surface area (Å²) in [6.45, 7) is 2.93. The number of piperidine rings is 1. The average Bonchev–Trinajstić information content (AvgIpc) is 2.73. The second kappa shape index (κ2) is 7.73. The van der Waals surface area contributed by atoms with E-state index in [9.17, 15) is 14.4 Å². The average molecular weight is 395 g/mol. The van der Waals surface area contributed by atoms with Crippen LogP contribution >= 0.6 is 0 Å². The first kappa shape index (κ1) is 19.2. The van der Waals surface area contributed by atoms with Crippen molar-refractivity contribution in [3.8, 4) is 5.75 Å². The topological polar surface area (TPSA) is 80.6 Å². The molecule has 0 radical (unpaired) electrons. The molecule has 0 saturated carbocycles. The fourth-order valence-corrected chi connectivity index (χ4v) is 4.66. The Labute approximate surface area is 169 Å². The first-order chi connectivity index (χ1) is 14.0. The van der Waals surface area contributed by atoms with Gasteiger partial charge in [0.15, 0.2) is 0 Å². The molecule has 0 spiro atoms. The number of hydrogen-bond donors (Lipinski definition) is 1. The lowest BCUT2D eigenvalue weighted by atomic mass is 9.78. The first-order valence-electron chi connectivity index (χ1n) is 9.86. The molecule has 7 nitrogen and oxygen atoms in total. The summed E-state index contributed by atoms with van der Waals surface area (Å²) in [5, 5.41) is 2.98. The molecule has 2 amide bonds. The van der Waals surface area contributed by atoms with E-state index in [4.69, 9.17) is 4.74 Å². The zero-order valence-corrected chi connectivity index (χ0v) is 16.6. The highest BCUT2D eigenvalue weighted by atomic mass is 16.5. The van der Waals surface area contributed by atoms with Crippen LogP contribution in [-0.2, 0) is 16.1 Å². The van der Waals surface area contributed by atoms with Gasteiger partial charge < -0.3 is 15.0 Å². The van der Waals surface area contributed by atoms with Crippen LogP contribution in [-0.4, -0.2) is 41.5 Å². The number of amides is 2. The number of nitrogens with one attached hydrogen (secondary N) is 1. The van der Waals surface area contributed by atoms with Gasteiger partial charge in [-0.25, -0.2) is 0 Å². The summed E-state index contributed by atoms with van der Waals surface area (Å²) in [5.41, 5.74) is 1.52.